The summed E-state index contributed by atoms with van der Waals surface area (Å²) in [7, 11) is -3.19. The maximum absolute atomic E-state index is 12.5. The van der Waals surface area contributed by atoms with E-state index in [1.165, 1.54) is 36.7 Å². The van der Waals surface area contributed by atoms with Crippen molar-refractivity contribution in [3.05, 3.63) is 52.8 Å². The Hall–Kier alpha value is -1.73. The van der Waals surface area contributed by atoms with Gasteiger partial charge in [-0.15, -0.1) is 0 Å². The number of nitrogens with one attached hydrogen (secondary N) is 1. The zero-order chi connectivity index (χ0) is 14.0. The second kappa shape index (κ2) is 5.10. The van der Waals surface area contributed by atoms with Gasteiger partial charge in [-0.3, -0.25) is 4.98 Å². The molecule has 2 aromatic rings. The molecule has 0 aliphatic carbocycles. The molecule has 5 nitrogen and oxygen atoms in total. The summed E-state index contributed by atoms with van der Waals surface area (Å²) in [5, 5.41) is 8.80. The molecule has 0 fully saturated rings. The van der Waals surface area contributed by atoms with Gasteiger partial charge in [-0.05, 0) is 46.3 Å². The van der Waals surface area contributed by atoms with Crippen molar-refractivity contribution in [2.75, 3.05) is 0 Å². The zero-order valence-corrected chi connectivity index (χ0v) is 11.9. The number of hydrogen-bond donors (Lipinski definition) is 2. The van der Waals surface area contributed by atoms with Crippen LogP contribution in [0.3, 0.4) is 0 Å². The van der Waals surface area contributed by atoms with E-state index in [-0.39, 0.29) is 15.4 Å². The van der Waals surface area contributed by atoms with Crippen LogP contribution < -0.4 is 0 Å². The first-order chi connectivity index (χ1) is 8.91. The molecule has 2 rings (SSSR count). The highest BCUT2D eigenvalue weighted by Crippen LogP contribution is 2.23. The van der Waals surface area contributed by atoms with Crippen molar-refractivity contribution in [1.82, 2.24) is 4.98 Å². The topological polar surface area (TPSA) is 91.1 Å². The predicted molar refractivity (Wildman–Crippen MR) is 72.7 cm³/mol. The van der Waals surface area contributed by atoms with Crippen molar-refractivity contribution in [1.29, 1.82) is 4.78 Å². The maximum atomic E-state index is 12.5. The molecule has 0 amide bonds. The van der Waals surface area contributed by atoms with Crippen molar-refractivity contribution in [3.63, 3.8) is 0 Å². The highest BCUT2D eigenvalue weighted by atomic mass is 79.9. The molecular formula is C12H9BrN2O3S. The summed E-state index contributed by atoms with van der Waals surface area (Å²) in [4.78, 5) is 15.1. The minimum absolute atomic E-state index is 0.0892. The summed E-state index contributed by atoms with van der Waals surface area (Å²) in [6.45, 7) is 0. The fourth-order valence-electron chi connectivity index (χ4n) is 1.47. The number of nitrogens with zero attached hydrogens (tertiary/aromatic N) is 1. The fourth-order valence-corrected chi connectivity index (χ4v) is 3.28. The molecule has 1 heterocycles. The standard InChI is InChI=1S/C12H9BrN2O3S/c13-9-5-11(7-15-6-9)19(14,18)10-3-1-8(2-4-10)12(16)17/h1-7,14H,(H,16,17). The second-order valence-corrected chi connectivity index (χ2v) is 6.70. The molecule has 0 spiro atoms. The Morgan fingerprint density at radius 1 is 1.21 bits per heavy atom. The third-order valence-electron chi connectivity index (χ3n) is 2.44. The Bertz CT molecular complexity index is 727. The van der Waals surface area contributed by atoms with E-state index in [0.717, 1.165) is 0 Å². The molecule has 98 valence electrons. The SMILES string of the molecule is N=S(=O)(c1ccc(C(=O)O)cc1)c1cncc(Br)c1. The van der Waals surface area contributed by atoms with Crippen LogP contribution in [0.1, 0.15) is 10.4 Å². The molecule has 1 aromatic carbocycles. The molecular weight excluding hydrogens is 332 g/mol. The van der Waals surface area contributed by atoms with Gasteiger partial charge in [0, 0.05) is 16.9 Å². The number of carboxylic acid groups (broad SMARTS) is 1. The van der Waals surface area contributed by atoms with Gasteiger partial charge in [0.2, 0.25) is 0 Å². The van der Waals surface area contributed by atoms with Gasteiger partial charge in [-0.1, -0.05) is 0 Å². The number of pyridine rings is 1. The molecule has 0 aliphatic rings. The zero-order valence-electron chi connectivity index (χ0n) is 9.54. The Morgan fingerprint density at radius 3 is 2.37 bits per heavy atom. The number of carbonyl (C=O) groups is 1. The van der Waals surface area contributed by atoms with Crippen molar-refractivity contribution >= 4 is 31.6 Å². The molecule has 1 aromatic heterocycles. The minimum atomic E-state index is -3.19. The van der Waals surface area contributed by atoms with Crippen LogP contribution in [0, 0.1) is 4.78 Å². The maximum Gasteiger partial charge on any atom is 0.335 e. The van der Waals surface area contributed by atoms with Crippen LogP contribution in [-0.2, 0) is 9.73 Å². The average molecular weight is 341 g/mol. The monoisotopic (exact) mass is 340 g/mol. The first-order valence-electron chi connectivity index (χ1n) is 5.14. The summed E-state index contributed by atoms with van der Waals surface area (Å²) in [5.74, 6) is -1.06. The smallest absolute Gasteiger partial charge is 0.335 e. The third-order valence-corrected chi connectivity index (χ3v) is 4.70. The number of rotatable bonds is 3. The second-order valence-electron chi connectivity index (χ2n) is 3.72. The van der Waals surface area contributed by atoms with Crippen LogP contribution in [-0.4, -0.2) is 20.3 Å². The van der Waals surface area contributed by atoms with Crippen molar-refractivity contribution < 1.29 is 14.1 Å². The molecule has 1 atom stereocenters. The molecule has 1 unspecified atom stereocenters. The van der Waals surface area contributed by atoms with Crippen LogP contribution in [0.2, 0.25) is 0 Å². The number of carboxylic acids is 1. The lowest BCUT2D eigenvalue weighted by atomic mass is 10.2. The first kappa shape index (κ1) is 13.7. The summed E-state index contributed by atoms with van der Waals surface area (Å²) in [6, 6.07) is 7.00. The molecule has 0 radical (unpaired) electrons. The van der Waals surface area contributed by atoms with Crippen molar-refractivity contribution in [2.24, 2.45) is 0 Å². The molecule has 0 saturated heterocycles. The highest BCUT2D eigenvalue weighted by Gasteiger charge is 2.15. The van der Waals surface area contributed by atoms with E-state index in [2.05, 4.69) is 20.9 Å². The van der Waals surface area contributed by atoms with Gasteiger partial charge in [0.05, 0.1) is 15.4 Å². The fraction of sp³-hybridized carbons (Fsp3) is 0. The lowest BCUT2D eigenvalue weighted by Gasteiger charge is -2.08. The number of aromatic nitrogens is 1. The van der Waals surface area contributed by atoms with Gasteiger partial charge in [-0.25, -0.2) is 13.8 Å². The van der Waals surface area contributed by atoms with Gasteiger partial charge in [0.25, 0.3) is 0 Å². The average Bonchev–Trinajstić information content (AvgIpc) is 2.39. The highest BCUT2D eigenvalue weighted by molar-refractivity contribution is 9.10. The molecule has 7 heteroatoms. The van der Waals surface area contributed by atoms with Gasteiger partial charge >= 0.3 is 5.97 Å². The Balaban J connectivity index is 2.48. The number of benzene rings is 1. The molecule has 0 aliphatic heterocycles. The van der Waals surface area contributed by atoms with Gasteiger partial charge in [0.1, 0.15) is 9.73 Å². The Labute approximate surface area is 118 Å². The van der Waals surface area contributed by atoms with E-state index in [9.17, 15) is 9.00 Å². The Kier molecular flexibility index (Phi) is 3.68. The quantitative estimate of drug-likeness (QED) is 0.898. The third kappa shape index (κ3) is 2.82. The summed E-state index contributed by atoms with van der Waals surface area (Å²) in [5.41, 5.74) is 0.0892. The molecule has 0 bridgehead atoms. The van der Waals surface area contributed by atoms with Gasteiger partial charge < -0.3 is 5.11 Å². The van der Waals surface area contributed by atoms with Gasteiger partial charge in [0.15, 0.2) is 0 Å². The largest absolute Gasteiger partial charge is 0.478 e. The minimum Gasteiger partial charge on any atom is -0.478 e. The van der Waals surface area contributed by atoms with Gasteiger partial charge in [-0.2, -0.15) is 0 Å². The van der Waals surface area contributed by atoms with E-state index >= 15 is 0 Å². The van der Waals surface area contributed by atoms with E-state index in [1.54, 1.807) is 6.07 Å². The van der Waals surface area contributed by atoms with Crippen molar-refractivity contribution in [3.8, 4) is 0 Å². The molecule has 19 heavy (non-hydrogen) atoms. The lowest BCUT2D eigenvalue weighted by molar-refractivity contribution is 0.0697. The number of aromatic carboxylic acids is 1. The lowest BCUT2D eigenvalue weighted by Crippen LogP contribution is -2.02. The summed E-state index contributed by atoms with van der Waals surface area (Å²) < 4.78 is 21.1. The normalized spacial score (nSPS) is 13.7. The molecule has 0 saturated carbocycles. The van der Waals surface area contributed by atoms with Crippen LogP contribution in [0.5, 0.6) is 0 Å². The predicted octanol–water partition coefficient (Wildman–Crippen LogP) is 3.01. The molecule has 2 N–H and O–H groups in total. The van der Waals surface area contributed by atoms with Crippen LogP contribution in [0.15, 0.2) is 57.0 Å². The Morgan fingerprint density at radius 2 is 1.84 bits per heavy atom. The van der Waals surface area contributed by atoms with E-state index in [4.69, 9.17) is 9.89 Å². The summed E-state index contributed by atoms with van der Waals surface area (Å²) in [6.07, 6.45) is 2.90. The van der Waals surface area contributed by atoms with E-state index in [0.29, 0.717) is 4.47 Å². The van der Waals surface area contributed by atoms with Crippen LogP contribution >= 0.6 is 15.9 Å². The number of hydrogen-bond acceptors (Lipinski definition) is 4. The van der Waals surface area contributed by atoms with Crippen LogP contribution in [0.4, 0.5) is 0 Å². The van der Waals surface area contributed by atoms with Crippen molar-refractivity contribution in [2.45, 2.75) is 9.79 Å². The number of halogens is 1. The first-order valence-corrected chi connectivity index (χ1v) is 7.49. The van der Waals surface area contributed by atoms with Crippen LogP contribution in [0.25, 0.3) is 0 Å². The summed E-state index contributed by atoms with van der Waals surface area (Å²) >= 11 is 3.21. The van der Waals surface area contributed by atoms with E-state index < -0.39 is 15.7 Å². The van der Waals surface area contributed by atoms with E-state index in [1.807, 2.05) is 0 Å².